The topological polar surface area (TPSA) is 88.1 Å². The van der Waals surface area contributed by atoms with E-state index in [0.29, 0.717) is 6.42 Å². The molecule has 7 nitrogen and oxygen atoms in total. The van der Waals surface area contributed by atoms with Crippen molar-refractivity contribution in [2.75, 3.05) is 20.8 Å². The molecule has 1 aliphatic rings. The molecule has 7 heteroatoms. The highest BCUT2D eigenvalue weighted by molar-refractivity contribution is 5.96. The number of fused-ring (bicyclic) bond motifs is 1. The molecule has 0 saturated carbocycles. The van der Waals surface area contributed by atoms with Gasteiger partial charge in [0.25, 0.3) is 0 Å². The number of ether oxygens (including phenoxy) is 4. The van der Waals surface area contributed by atoms with Crippen LogP contribution in [0.2, 0.25) is 0 Å². The normalized spacial score (nSPS) is 15.1. The fourth-order valence-corrected chi connectivity index (χ4v) is 2.81. The van der Waals surface area contributed by atoms with Crippen molar-refractivity contribution in [2.24, 2.45) is 5.92 Å². The van der Waals surface area contributed by atoms with E-state index in [2.05, 4.69) is 9.47 Å². The maximum atomic E-state index is 12.5. The van der Waals surface area contributed by atoms with Crippen LogP contribution < -0.4 is 9.47 Å². The average molecular weight is 370 g/mol. The number of hydrogen-bond donors (Lipinski definition) is 0. The minimum absolute atomic E-state index is 0.0576. The summed E-state index contributed by atoms with van der Waals surface area (Å²) >= 11 is 0. The fourth-order valence-electron chi connectivity index (χ4n) is 2.81. The van der Waals surface area contributed by atoms with Crippen molar-refractivity contribution in [1.29, 1.82) is 0 Å². The Bertz CT molecular complexity index is 853. The maximum Gasteiger partial charge on any atom is 0.338 e. The molecule has 2 aromatic carbocycles. The molecule has 1 atom stereocenters. The molecule has 0 amide bonds. The lowest BCUT2D eigenvalue weighted by Gasteiger charge is -2.23. The SMILES string of the molecule is COC(=O)c1cc(OC(=O)[C@H]2COc3ccccc3C2)cc(C(=O)OC)c1. The van der Waals surface area contributed by atoms with Gasteiger partial charge in [-0.15, -0.1) is 0 Å². The van der Waals surface area contributed by atoms with Crippen molar-refractivity contribution in [3.05, 3.63) is 59.2 Å². The second-order valence-electron chi connectivity index (χ2n) is 5.97. The fraction of sp³-hybridized carbons (Fsp3) is 0.250. The van der Waals surface area contributed by atoms with E-state index in [4.69, 9.17) is 9.47 Å². The minimum atomic E-state index is -0.659. The first kappa shape index (κ1) is 18.4. The Morgan fingerprint density at radius 1 is 0.963 bits per heavy atom. The van der Waals surface area contributed by atoms with Gasteiger partial charge < -0.3 is 18.9 Å². The zero-order valence-electron chi connectivity index (χ0n) is 14.9. The number of carbonyl (C=O) groups is 3. The van der Waals surface area contributed by atoms with Gasteiger partial charge in [0.1, 0.15) is 18.1 Å². The van der Waals surface area contributed by atoms with Gasteiger partial charge in [-0.2, -0.15) is 0 Å². The van der Waals surface area contributed by atoms with Crippen LogP contribution in [0.25, 0.3) is 0 Å². The summed E-state index contributed by atoms with van der Waals surface area (Å²) in [5.41, 5.74) is 1.08. The Morgan fingerprint density at radius 3 is 2.22 bits per heavy atom. The summed E-state index contributed by atoms with van der Waals surface area (Å²) in [6, 6.07) is 11.5. The molecule has 2 aromatic rings. The lowest BCUT2D eigenvalue weighted by atomic mass is 9.97. The molecule has 3 rings (SSSR count). The zero-order chi connectivity index (χ0) is 19.4. The predicted octanol–water partition coefficient (Wildman–Crippen LogP) is 2.42. The highest BCUT2D eigenvalue weighted by Crippen LogP contribution is 2.28. The van der Waals surface area contributed by atoms with E-state index in [1.165, 1.54) is 32.4 Å². The van der Waals surface area contributed by atoms with Crippen LogP contribution in [0.5, 0.6) is 11.5 Å². The molecule has 0 unspecified atom stereocenters. The van der Waals surface area contributed by atoms with Gasteiger partial charge in [0.2, 0.25) is 0 Å². The first-order chi connectivity index (χ1) is 13.0. The highest BCUT2D eigenvalue weighted by atomic mass is 16.5. The van der Waals surface area contributed by atoms with E-state index in [9.17, 15) is 14.4 Å². The maximum absolute atomic E-state index is 12.5. The third kappa shape index (κ3) is 4.08. The number of para-hydroxylation sites is 1. The molecule has 0 spiro atoms. The zero-order valence-corrected chi connectivity index (χ0v) is 14.9. The average Bonchev–Trinajstić information content (AvgIpc) is 2.71. The van der Waals surface area contributed by atoms with Crippen LogP contribution in [-0.2, 0) is 20.7 Å². The Hall–Kier alpha value is -3.35. The second-order valence-corrected chi connectivity index (χ2v) is 5.97. The van der Waals surface area contributed by atoms with Crippen LogP contribution in [0.3, 0.4) is 0 Å². The van der Waals surface area contributed by atoms with Crippen LogP contribution in [0.1, 0.15) is 26.3 Å². The van der Waals surface area contributed by atoms with Crippen molar-refractivity contribution >= 4 is 17.9 Å². The standard InChI is InChI=1S/C20H18O7/c1-24-18(21)13-8-14(19(22)25-2)10-16(9-13)27-20(23)15-7-12-5-3-4-6-17(12)26-11-15/h3-6,8-10,15H,7,11H2,1-2H3/t15-/m1/s1. The lowest BCUT2D eigenvalue weighted by molar-refractivity contribution is -0.140. The molecule has 0 bridgehead atoms. The van der Waals surface area contributed by atoms with Crippen molar-refractivity contribution in [2.45, 2.75) is 6.42 Å². The number of esters is 3. The monoisotopic (exact) mass is 370 g/mol. The van der Waals surface area contributed by atoms with Crippen LogP contribution in [-0.4, -0.2) is 38.7 Å². The summed E-state index contributed by atoms with van der Waals surface area (Å²) in [5, 5.41) is 0. The number of carbonyl (C=O) groups excluding carboxylic acids is 3. The van der Waals surface area contributed by atoms with E-state index in [-0.39, 0.29) is 23.5 Å². The summed E-state index contributed by atoms with van der Waals surface area (Å²) in [6.07, 6.45) is 0.482. The molecular formula is C20H18O7. The van der Waals surface area contributed by atoms with Crippen LogP contribution in [0.15, 0.2) is 42.5 Å². The van der Waals surface area contributed by atoms with E-state index < -0.39 is 23.8 Å². The van der Waals surface area contributed by atoms with E-state index >= 15 is 0 Å². The van der Waals surface area contributed by atoms with Gasteiger partial charge in [0, 0.05) is 0 Å². The smallest absolute Gasteiger partial charge is 0.338 e. The minimum Gasteiger partial charge on any atom is -0.492 e. The van der Waals surface area contributed by atoms with E-state index in [1.54, 1.807) is 0 Å². The Kier molecular flexibility index (Phi) is 5.40. The van der Waals surface area contributed by atoms with Crippen molar-refractivity contribution in [1.82, 2.24) is 0 Å². The highest BCUT2D eigenvalue weighted by Gasteiger charge is 2.28. The Morgan fingerprint density at radius 2 is 1.59 bits per heavy atom. The van der Waals surface area contributed by atoms with Gasteiger partial charge in [-0.3, -0.25) is 4.79 Å². The summed E-state index contributed by atoms with van der Waals surface area (Å²) in [7, 11) is 2.44. The predicted molar refractivity (Wildman–Crippen MR) is 93.9 cm³/mol. The number of hydrogen-bond acceptors (Lipinski definition) is 7. The van der Waals surface area contributed by atoms with Gasteiger partial charge in [-0.1, -0.05) is 18.2 Å². The molecular weight excluding hydrogens is 352 g/mol. The first-order valence-corrected chi connectivity index (χ1v) is 8.26. The largest absolute Gasteiger partial charge is 0.492 e. The molecule has 0 N–H and O–H groups in total. The molecule has 1 aliphatic heterocycles. The molecule has 1 heterocycles. The van der Waals surface area contributed by atoms with Crippen molar-refractivity contribution in [3.8, 4) is 11.5 Å². The summed E-state index contributed by atoms with van der Waals surface area (Å²) < 4.78 is 20.3. The van der Waals surface area contributed by atoms with Gasteiger partial charge in [0.15, 0.2) is 0 Å². The molecule has 0 fully saturated rings. The Balaban J connectivity index is 1.81. The van der Waals surface area contributed by atoms with Crippen LogP contribution >= 0.6 is 0 Å². The molecule has 27 heavy (non-hydrogen) atoms. The molecule has 140 valence electrons. The van der Waals surface area contributed by atoms with Gasteiger partial charge in [-0.05, 0) is 36.2 Å². The van der Waals surface area contributed by atoms with Crippen LogP contribution in [0.4, 0.5) is 0 Å². The number of benzene rings is 2. The van der Waals surface area contributed by atoms with Gasteiger partial charge in [-0.25, -0.2) is 9.59 Å². The molecule has 0 saturated heterocycles. The third-order valence-electron chi connectivity index (χ3n) is 4.18. The lowest BCUT2D eigenvalue weighted by Crippen LogP contribution is -2.31. The van der Waals surface area contributed by atoms with Crippen LogP contribution in [0, 0.1) is 5.92 Å². The first-order valence-electron chi connectivity index (χ1n) is 8.26. The summed E-state index contributed by atoms with van der Waals surface area (Å²) in [5.74, 6) is -1.52. The van der Waals surface area contributed by atoms with E-state index in [0.717, 1.165) is 11.3 Å². The van der Waals surface area contributed by atoms with Gasteiger partial charge >= 0.3 is 17.9 Å². The number of rotatable bonds is 4. The van der Waals surface area contributed by atoms with Crippen molar-refractivity contribution in [3.63, 3.8) is 0 Å². The Labute approximate surface area is 155 Å². The number of methoxy groups -OCH3 is 2. The quantitative estimate of drug-likeness (QED) is 0.603. The van der Waals surface area contributed by atoms with E-state index in [1.807, 2.05) is 24.3 Å². The molecule has 0 aliphatic carbocycles. The van der Waals surface area contributed by atoms with Crippen molar-refractivity contribution < 1.29 is 33.3 Å². The molecule has 0 radical (unpaired) electrons. The molecule has 0 aromatic heterocycles. The van der Waals surface area contributed by atoms with Gasteiger partial charge in [0.05, 0.1) is 31.3 Å². The second kappa shape index (κ2) is 7.90. The third-order valence-corrected chi connectivity index (χ3v) is 4.18. The summed E-state index contributed by atoms with van der Waals surface area (Å²) in [6.45, 7) is 0.191. The summed E-state index contributed by atoms with van der Waals surface area (Å²) in [4.78, 5) is 36.2.